The maximum absolute atomic E-state index is 14.9. The first kappa shape index (κ1) is 24.3. The summed E-state index contributed by atoms with van der Waals surface area (Å²) in [5.41, 5.74) is 2.54. The minimum atomic E-state index is -0.494. The van der Waals surface area contributed by atoms with Gasteiger partial charge in [0.25, 0.3) is 0 Å². The van der Waals surface area contributed by atoms with Crippen LogP contribution in [0.1, 0.15) is 70.4 Å². The molecule has 0 bridgehead atoms. The Kier molecular flexibility index (Phi) is 7.29. The third kappa shape index (κ3) is 5.13. The number of nitrogens with one attached hydrogen (secondary N) is 1. The van der Waals surface area contributed by atoms with Gasteiger partial charge in [0.1, 0.15) is 23.5 Å². The smallest absolute Gasteiger partial charge is 0.228 e. The number of ketones is 1. The minimum absolute atomic E-state index is 0.0504. The van der Waals surface area contributed by atoms with Crippen LogP contribution in [0.15, 0.2) is 35.2 Å². The molecule has 0 radical (unpaired) electrons. The Morgan fingerprint density at radius 1 is 1.29 bits per heavy atom. The molecule has 4 rings (SSSR count). The van der Waals surface area contributed by atoms with E-state index >= 15 is 0 Å². The Morgan fingerprint density at radius 2 is 2.09 bits per heavy atom. The highest BCUT2D eigenvalue weighted by Gasteiger charge is 2.36. The minimum Gasteiger partial charge on any atom is -0.351 e. The van der Waals surface area contributed by atoms with Gasteiger partial charge in [-0.15, -0.1) is 0 Å². The Hall–Kier alpha value is -2.83. The van der Waals surface area contributed by atoms with Crippen molar-refractivity contribution in [2.45, 2.75) is 84.3 Å². The third-order valence-electron chi connectivity index (χ3n) is 7.28. The number of amides is 1. The number of aryl methyl sites for hydroxylation is 1. The molecule has 0 saturated heterocycles. The lowest BCUT2D eigenvalue weighted by molar-refractivity contribution is -0.123. The van der Waals surface area contributed by atoms with Crippen LogP contribution in [0.3, 0.4) is 0 Å². The van der Waals surface area contributed by atoms with E-state index < -0.39 is 6.04 Å². The Labute approximate surface area is 201 Å². The summed E-state index contributed by atoms with van der Waals surface area (Å²) < 4.78 is 14.9. The van der Waals surface area contributed by atoms with Gasteiger partial charge in [-0.2, -0.15) is 0 Å². The number of nitrogens with zero attached hydrogens (tertiary/aromatic N) is 3. The lowest BCUT2D eigenvalue weighted by atomic mass is 9.78. The third-order valence-corrected chi connectivity index (χ3v) is 7.28. The first-order chi connectivity index (χ1) is 16.3. The zero-order valence-electron chi connectivity index (χ0n) is 20.6. The molecule has 0 aromatic carbocycles. The Bertz CT molecular complexity index is 1050. The van der Waals surface area contributed by atoms with Crippen molar-refractivity contribution in [1.82, 2.24) is 9.88 Å². The molecule has 1 fully saturated rings. The number of anilines is 1. The van der Waals surface area contributed by atoms with Gasteiger partial charge in [0.15, 0.2) is 0 Å². The lowest BCUT2D eigenvalue weighted by Gasteiger charge is -2.31. The molecular formula is C27H35FN4O2. The van der Waals surface area contributed by atoms with Crippen molar-refractivity contribution in [2.24, 2.45) is 16.8 Å². The van der Waals surface area contributed by atoms with Crippen molar-refractivity contribution in [2.75, 3.05) is 5.32 Å². The predicted octanol–water partition coefficient (Wildman–Crippen LogP) is 5.24. The second kappa shape index (κ2) is 10.2. The molecule has 2 heterocycles. The zero-order chi connectivity index (χ0) is 24.4. The van der Waals surface area contributed by atoms with E-state index in [9.17, 15) is 14.0 Å². The van der Waals surface area contributed by atoms with Crippen LogP contribution < -0.4 is 5.32 Å². The number of Topliss-reactive ketones (excluding diaryl/α,β-unsaturated/α-hetero) is 1. The zero-order valence-corrected chi connectivity index (χ0v) is 20.6. The first-order valence-electron chi connectivity index (χ1n) is 12.5. The molecule has 1 amide bonds. The van der Waals surface area contributed by atoms with E-state index in [1.165, 1.54) is 0 Å². The van der Waals surface area contributed by atoms with Gasteiger partial charge in [0.2, 0.25) is 5.91 Å². The van der Waals surface area contributed by atoms with Crippen molar-refractivity contribution < 1.29 is 14.0 Å². The molecule has 2 aliphatic carbocycles. The van der Waals surface area contributed by atoms with Gasteiger partial charge in [0.05, 0.1) is 12.4 Å². The highest BCUT2D eigenvalue weighted by molar-refractivity contribution is 5.92. The van der Waals surface area contributed by atoms with Gasteiger partial charge in [0, 0.05) is 31.0 Å². The van der Waals surface area contributed by atoms with Crippen LogP contribution in [0, 0.1) is 18.8 Å². The average molecular weight is 467 g/mol. The van der Waals surface area contributed by atoms with Gasteiger partial charge >= 0.3 is 0 Å². The summed E-state index contributed by atoms with van der Waals surface area (Å²) >= 11 is 0. The molecule has 0 spiro atoms. The van der Waals surface area contributed by atoms with Gasteiger partial charge in [-0.05, 0) is 74.8 Å². The van der Waals surface area contributed by atoms with Crippen molar-refractivity contribution >= 4 is 29.4 Å². The number of rotatable bonds is 7. The fraction of sp³-hybridized carbons (Fsp3) is 0.556. The Morgan fingerprint density at radius 3 is 2.82 bits per heavy atom. The van der Waals surface area contributed by atoms with Crippen LogP contribution in [-0.4, -0.2) is 46.0 Å². The number of aromatic nitrogens is 1. The number of fused-ring (bicyclic) bond motifs is 1. The molecule has 3 aliphatic rings. The molecule has 1 N–H and O–H groups in total. The topological polar surface area (TPSA) is 74.7 Å². The number of carbonyl (C=O) groups is 2. The summed E-state index contributed by atoms with van der Waals surface area (Å²) in [6.45, 7) is 7.96. The van der Waals surface area contributed by atoms with Crippen LogP contribution in [0.5, 0.6) is 0 Å². The molecule has 7 heteroatoms. The fourth-order valence-corrected chi connectivity index (χ4v) is 5.31. The summed E-state index contributed by atoms with van der Waals surface area (Å²) in [6, 6.07) is 1.39. The first-order valence-corrected chi connectivity index (χ1v) is 12.5. The van der Waals surface area contributed by atoms with Crippen LogP contribution in [0.4, 0.5) is 10.2 Å². The maximum Gasteiger partial charge on any atom is 0.228 e. The molecule has 1 saturated carbocycles. The van der Waals surface area contributed by atoms with Crippen molar-refractivity contribution in [3.05, 3.63) is 41.4 Å². The molecule has 1 aliphatic heterocycles. The predicted molar refractivity (Wildman–Crippen MR) is 133 cm³/mol. The van der Waals surface area contributed by atoms with E-state index in [0.29, 0.717) is 18.7 Å². The number of pyridine rings is 1. The molecule has 1 aromatic rings. The highest BCUT2D eigenvalue weighted by atomic mass is 19.1. The van der Waals surface area contributed by atoms with Gasteiger partial charge in [-0.3, -0.25) is 14.6 Å². The van der Waals surface area contributed by atoms with Gasteiger partial charge < -0.3 is 10.2 Å². The monoisotopic (exact) mass is 466 g/mol. The quantitative estimate of drug-likeness (QED) is 0.596. The molecular weight excluding hydrogens is 431 g/mol. The molecule has 1 aromatic heterocycles. The van der Waals surface area contributed by atoms with Crippen LogP contribution in [-0.2, 0) is 9.59 Å². The molecule has 182 valence electrons. The summed E-state index contributed by atoms with van der Waals surface area (Å²) in [5, 5.41) is 2.98. The second-order valence-corrected chi connectivity index (χ2v) is 10.1. The summed E-state index contributed by atoms with van der Waals surface area (Å²) in [6.07, 6.45) is 11.7. The van der Waals surface area contributed by atoms with Crippen LogP contribution in [0.25, 0.3) is 5.57 Å². The SMILES string of the molecule is CCC(=O)C[C@@H]1CCC[C@H](C(=O)Nc2cc(C3=CC4C(N=CN4C(C)C)C(F)=C3)c(C)cn2)C1. The molecule has 2 unspecified atom stereocenters. The Balaban J connectivity index is 1.50. The van der Waals surface area contributed by atoms with Crippen molar-refractivity contribution in [3.63, 3.8) is 0 Å². The van der Waals surface area contributed by atoms with Crippen LogP contribution in [0.2, 0.25) is 0 Å². The van der Waals surface area contributed by atoms with E-state index in [-0.39, 0.29) is 41.4 Å². The summed E-state index contributed by atoms with van der Waals surface area (Å²) in [4.78, 5) is 35.7. The van der Waals surface area contributed by atoms with Gasteiger partial charge in [-0.1, -0.05) is 19.4 Å². The number of hydrogen-bond donors (Lipinski definition) is 1. The van der Waals surface area contributed by atoms with E-state index in [2.05, 4.69) is 40.1 Å². The van der Waals surface area contributed by atoms with Crippen LogP contribution >= 0.6 is 0 Å². The number of hydrogen-bond acceptors (Lipinski definition) is 5. The maximum atomic E-state index is 14.9. The molecule has 6 nitrogen and oxygen atoms in total. The normalized spacial score (nSPS) is 26.2. The summed E-state index contributed by atoms with van der Waals surface area (Å²) in [5.74, 6) is 0.603. The van der Waals surface area contributed by atoms with E-state index in [4.69, 9.17) is 0 Å². The lowest BCUT2D eigenvalue weighted by Crippen LogP contribution is -2.40. The van der Waals surface area contributed by atoms with Gasteiger partial charge in [-0.25, -0.2) is 9.37 Å². The summed E-state index contributed by atoms with van der Waals surface area (Å²) in [7, 11) is 0. The number of allylic oxidation sites excluding steroid dienone is 2. The van der Waals surface area contributed by atoms with Crippen molar-refractivity contribution in [3.8, 4) is 0 Å². The largest absolute Gasteiger partial charge is 0.351 e. The number of aliphatic imine (C=N–C) groups is 1. The average Bonchev–Trinajstić information content (AvgIpc) is 3.25. The fourth-order valence-electron chi connectivity index (χ4n) is 5.31. The standard InChI is InChI=1S/C27H35FN4O2/c1-5-21(33)10-18-7-6-8-19(9-18)27(34)31-25-13-22(17(4)14-29-25)20-11-23(28)26-24(12-20)32(15-30-26)16(2)3/h11-16,18-19,24,26H,5-10H2,1-4H3,(H,29,31,34)/t18-,19+,24?,26?/m1/s1. The van der Waals surface area contributed by atoms with E-state index in [0.717, 1.165) is 42.4 Å². The highest BCUT2D eigenvalue weighted by Crippen LogP contribution is 2.36. The van der Waals surface area contributed by atoms with E-state index in [1.807, 2.05) is 19.9 Å². The molecule has 4 atom stereocenters. The van der Waals surface area contributed by atoms with Crippen molar-refractivity contribution in [1.29, 1.82) is 0 Å². The van der Waals surface area contributed by atoms with E-state index in [1.54, 1.807) is 18.6 Å². The second-order valence-electron chi connectivity index (χ2n) is 10.1. The molecule has 34 heavy (non-hydrogen) atoms. The number of carbonyl (C=O) groups excluding carboxylic acids is 2. The number of halogens is 1.